The minimum atomic E-state index is -1.12. The Kier molecular flexibility index (Phi) is 5.13. The number of carbonyl (C=O) groups excluding carboxylic acids is 2. The fraction of sp³-hybridized carbons (Fsp3) is 0.136. The van der Waals surface area contributed by atoms with Crippen LogP contribution in [0, 0.1) is 6.92 Å². The molecule has 1 heterocycles. The zero-order chi connectivity index (χ0) is 20.4. The number of aryl methyl sites for hydroxylation is 1. The lowest BCUT2D eigenvalue weighted by Crippen LogP contribution is -2.24. The van der Waals surface area contributed by atoms with Crippen LogP contribution in [0.2, 0.25) is 0 Å². The maximum absolute atomic E-state index is 13.2. The molecule has 0 aliphatic carbocycles. The van der Waals surface area contributed by atoms with Gasteiger partial charge in [-0.2, -0.15) is 0 Å². The van der Waals surface area contributed by atoms with Gasteiger partial charge in [0.25, 0.3) is 5.91 Å². The number of aromatic carboxylic acids is 1. The summed E-state index contributed by atoms with van der Waals surface area (Å²) >= 11 is 0. The van der Waals surface area contributed by atoms with Gasteiger partial charge in [0.15, 0.2) is 0 Å². The Bertz CT molecular complexity index is 1050. The predicted molar refractivity (Wildman–Crippen MR) is 105 cm³/mol. The zero-order valence-electron chi connectivity index (χ0n) is 15.7. The van der Waals surface area contributed by atoms with Gasteiger partial charge in [0.2, 0.25) is 0 Å². The van der Waals surface area contributed by atoms with E-state index in [1.54, 1.807) is 31.2 Å². The van der Waals surface area contributed by atoms with Crippen LogP contribution < -0.4 is 4.90 Å². The third kappa shape index (κ3) is 3.32. The van der Waals surface area contributed by atoms with Crippen LogP contribution in [0.15, 0.2) is 65.4 Å². The van der Waals surface area contributed by atoms with E-state index in [1.807, 2.05) is 25.1 Å². The molecule has 0 saturated heterocycles. The standard InChI is InChI=1S/C22H19NO5/c1-13-7-6-9-16(11-13)23-14(2)19(22(27)28-3)18(20(23)24)12-15-8-4-5-10-17(15)21(25)26/h4-12H,1-3H3,(H,25,26)/b18-12-. The summed E-state index contributed by atoms with van der Waals surface area (Å²) in [6.07, 6.45) is 1.43. The number of ether oxygens (including phenoxy) is 1. The molecule has 2 aromatic rings. The van der Waals surface area contributed by atoms with Crippen molar-refractivity contribution in [1.29, 1.82) is 0 Å². The first-order valence-corrected chi connectivity index (χ1v) is 8.60. The molecule has 0 radical (unpaired) electrons. The van der Waals surface area contributed by atoms with Gasteiger partial charge in [-0.25, -0.2) is 9.59 Å². The normalized spacial score (nSPS) is 15.3. The second-order valence-corrected chi connectivity index (χ2v) is 6.38. The van der Waals surface area contributed by atoms with Crippen LogP contribution in [0.5, 0.6) is 0 Å². The third-order valence-electron chi connectivity index (χ3n) is 4.54. The van der Waals surface area contributed by atoms with Gasteiger partial charge in [0, 0.05) is 11.4 Å². The summed E-state index contributed by atoms with van der Waals surface area (Å²) in [6.45, 7) is 3.57. The molecule has 0 aromatic heterocycles. The van der Waals surface area contributed by atoms with Gasteiger partial charge in [-0.3, -0.25) is 9.69 Å². The number of carbonyl (C=O) groups is 3. The molecule has 1 aliphatic rings. The lowest BCUT2D eigenvalue weighted by atomic mass is 10.0. The Morgan fingerprint density at radius 2 is 1.79 bits per heavy atom. The first kappa shape index (κ1) is 19.1. The fourth-order valence-electron chi connectivity index (χ4n) is 3.23. The molecule has 6 heteroatoms. The van der Waals surface area contributed by atoms with Crippen LogP contribution in [0.25, 0.3) is 6.08 Å². The minimum Gasteiger partial charge on any atom is -0.478 e. The van der Waals surface area contributed by atoms with E-state index >= 15 is 0 Å². The number of carboxylic acid groups (broad SMARTS) is 1. The van der Waals surface area contributed by atoms with E-state index in [0.29, 0.717) is 16.9 Å². The van der Waals surface area contributed by atoms with Crippen molar-refractivity contribution in [3.8, 4) is 0 Å². The van der Waals surface area contributed by atoms with Crippen molar-refractivity contribution >= 4 is 29.6 Å². The summed E-state index contributed by atoms with van der Waals surface area (Å²) in [7, 11) is 1.24. The topological polar surface area (TPSA) is 83.9 Å². The highest BCUT2D eigenvalue weighted by atomic mass is 16.5. The van der Waals surface area contributed by atoms with Crippen LogP contribution in [0.3, 0.4) is 0 Å². The van der Waals surface area contributed by atoms with Gasteiger partial charge in [-0.05, 0) is 49.2 Å². The van der Waals surface area contributed by atoms with Gasteiger partial charge in [0.05, 0.1) is 23.8 Å². The molecule has 142 valence electrons. The number of allylic oxidation sites excluding steroid dienone is 1. The Balaban J connectivity index is 2.20. The number of methoxy groups -OCH3 is 1. The average molecular weight is 377 g/mol. The summed E-state index contributed by atoms with van der Waals surface area (Å²) < 4.78 is 4.87. The van der Waals surface area contributed by atoms with Crippen molar-refractivity contribution in [1.82, 2.24) is 0 Å². The third-order valence-corrected chi connectivity index (χ3v) is 4.54. The van der Waals surface area contributed by atoms with Gasteiger partial charge in [-0.15, -0.1) is 0 Å². The van der Waals surface area contributed by atoms with Crippen LogP contribution >= 0.6 is 0 Å². The second kappa shape index (κ2) is 7.52. The molecule has 1 N–H and O–H groups in total. The maximum atomic E-state index is 13.2. The molecular weight excluding hydrogens is 358 g/mol. The molecule has 0 spiro atoms. The highest BCUT2D eigenvalue weighted by molar-refractivity contribution is 6.24. The summed E-state index contributed by atoms with van der Waals surface area (Å²) in [4.78, 5) is 38.6. The fourth-order valence-corrected chi connectivity index (χ4v) is 3.23. The smallest absolute Gasteiger partial charge is 0.340 e. The molecule has 0 saturated carbocycles. The van der Waals surface area contributed by atoms with Crippen molar-refractivity contribution in [2.45, 2.75) is 13.8 Å². The van der Waals surface area contributed by atoms with Crippen LogP contribution in [-0.2, 0) is 14.3 Å². The van der Waals surface area contributed by atoms with Gasteiger partial charge in [-0.1, -0.05) is 30.3 Å². The second-order valence-electron chi connectivity index (χ2n) is 6.38. The quantitative estimate of drug-likeness (QED) is 0.650. The number of amides is 1. The molecule has 6 nitrogen and oxygen atoms in total. The molecule has 0 bridgehead atoms. The Morgan fingerprint density at radius 1 is 1.07 bits per heavy atom. The highest BCUT2D eigenvalue weighted by Gasteiger charge is 2.38. The predicted octanol–water partition coefficient (Wildman–Crippen LogP) is 3.57. The Labute approximate surface area is 162 Å². The Hall–Kier alpha value is -3.67. The van der Waals surface area contributed by atoms with Gasteiger partial charge in [0.1, 0.15) is 0 Å². The molecule has 1 aliphatic heterocycles. The van der Waals surface area contributed by atoms with E-state index in [-0.39, 0.29) is 16.7 Å². The summed E-state index contributed by atoms with van der Waals surface area (Å²) in [5.41, 5.74) is 2.61. The van der Waals surface area contributed by atoms with E-state index in [1.165, 1.54) is 24.2 Å². The van der Waals surface area contributed by atoms with Crippen molar-refractivity contribution in [3.05, 3.63) is 82.1 Å². The monoisotopic (exact) mass is 377 g/mol. The molecule has 0 atom stereocenters. The molecule has 3 rings (SSSR count). The summed E-state index contributed by atoms with van der Waals surface area (Å²) in [5, 5.41) is 9.41. The number of anilines is 1. The molecule has 28 heavy (non-hydrogen) atoms. The lowest BCUT2D eigenvalue weighted by molar-refractivity contribution is -0.136. The number of carboxylic acids is 1. The Morgan fingerprint density at radius 3 is 2.43 bits per heavy atom. The molecule has 1 amide bonds. The van der Waals surface area contributed by atoms with E-state index in [9.17, 15) is 19.5 Å². The van der Waals surface area contributed by atoms with E-state index < -0.39 is 17.8 Å². The SMILES string of the molecule is COC(=O)C1=C(C)N(c2cccc(C)c2)C(=O)/C1=C\c1ccccc1C(=O)O. The van der Waals surface area contributed by atoms with Crippen LogP contribution in [0.4, 0.5) is 5.69 Å². The average Bonchev–Trinajstić information content (AvgIpc) is 2.91. The largest absolute Gasteiger partial charge is 0.478 e. The number of hydrogen-bond donors (Lipinski definition) is 1. The minimum absolute atomic E-state index is 0.0404. The first-order chi connectivity index (χ1) is 13.3. The number of hydrogen-bond acceptors (Lipinski definition) is 4. The number of benzene rings is 2. The molecule has 2 aromatic carbocycles. The van der Waals surface area contributed by atoms with E-state index in [2.05, 4.69) is 0 Å². The summed E-state index contributed by atoms with van der Waals surface area (Å²) in [5.74, 6) is -2.18. The van der Waals surface area contributed by atoms with E-state index in [0.717, 1.165) is 5.56 Å². The van der Waals surface area contributed by atoms with E-state index in [4.69, 9.17) is 4.74 Å². The number of esters is 1. The molecule has 0 unspecified atom stereocenters. The van der Waals surface area contributed by atoms with Crippen LogP contribution in [-0.4, -0.2) is 30.1 Å². The van der Waals surface area contributed by atoms with Crippen molar-refractivity contribution in [2.24, 2.45) is 0 Å². The van der Waals surface area contributed by atoms with Gasteiger partial charge < -0.3 is 9.84 Å². The van der Waals surface area contributed by atoms with Crippen molar-refractivity contribution < 1.29 is 24.2 Å². The molecule has 0 fully saturated rings. The maximum Gasteiger partial charge on any atom is 0.340 e. The summed E-state index contributed by atoms with van der Waals surface area (Å²) in [6, 6.07) is 13.6. The highest BCUT2D eigenvalue weighted by Crippen LogP contribution is 2.36. The van der Waals surface area contributed by atoms with Crippen LogP contribution in [0.1, 0.15) is 28.4 Å². The first-order valence-electron chi connectivity index (χ1n) is 8.60. The number of nitrogens with zero attached hydrogens (tertiary/aromatic N) is 1. The van der Waals surface area contributed by atoms with Crippen molar-refractivity contribution in [3.63, 3.8) is 0 Å². The zero-order valence-corrected chi connectivity index (χ0v) is 15.7. The lowest BCUT2D eigenvalue weighted by Gasteiger charge is -2.18. The van der Waals surface area contributed by atoms with Crippen molar-refractivity contribution in [2.75, 3.05) is 12.0 Å². The van der Waals surface area contributed by atoms with Gasteiger partial charge >= 0.3 is 11.9 Å². The number of rotatable bonds is 4. The molecular formula is C22H19NO5.